The molecule has 3 aromatic carbocycles. The maximum absolute atomic E-state index is 13.7. The molecule has 1 heterocycles. The molecule has 0 spiro atoms. The Bertz CT molecular complexity index is 1240. The third-order valence-corrected chi connectivity index (χ3v) is 7.22. The molecule has 3 aromatic rings. The smallest absolute Gasteiger partial charge is 0.336 e. The molecule has 4 rings (SSSR count). The molecule has 1 aliphatic rings. The van der Waals surface area contributed by atoms with Crippen molar-refractivity contribution >= 4 is 5.97 Å². The van der Waals surface area contributed by atoms with Crippen molar-refractivity contribution in [1.82, 2.24) is 5.32 Å². The first-order chi connectivity index (χ1) is 17.3. The number of nitrogens with one attached hydrogen (secondary N) is 1. The molecule has 36 heavy (non-hydrogen) atoms. The zero-order chi connectivity index (χ0) is 25.8. The Morgan fingerprint density at radius 1 is 1.17 bits per heavy atom. The average molecular weight is 492 g/mol. The number of carbonyl (C=O) groups is 1. The van der Waals surface area contributed by atoms with E-state index in [0.29, 0.717) is 5.56 Å². The van der Waals surface area contributed by atoms with Gasteiger partial charge in [0, 0.05) is 17.5 Å². The Labute approximate surface area is 212 Å². The second kappa shape index (κ2) is 11.1. The number of aromatic carboxylic acids is 1. The molecule has 6 heteroatoms. The van der Waals surface area contributed by atoms with Crippen molar-refractivity contribution in [3.8, 4) is 11.5 Å². The van der Waals surface area contributed by atoms with Gasteiger partial charge in [-0.15, -0.1) is 0 Å². The lowest BCUT2D eigenvalue weighted by Gasteiger charge is -2.34. The molecule has 0 fully saturated rings. The molecule has 0 amide bonds. The number of hydrogen-bond donors (Lipinski definition) is 2. The standard InChI is InChI=1S/C30H34FNO4/c1-18-11-13-23(19(2)29(18)30(33)34)25-17-22(36-27-10-6-5-9-24(25)27)8-7-15-32-20(3)21-12-14-26(31)28(16-21)35-4/h5-6,9-14,16,20,22,25,32H,7-8,15,17H2,1-4H3,(H,33,34)/t20-,22+,25+/m1/s1. The monoisotopic (exact) mass is 491 g/mol. The number of rotatable bonds is 9. The summed E-state index contributed by atoms with van der Waals surface area (Å²) in [6.45, 7) is 6.60. The Morgan fingerprint density at radius 3 is 2.69 bits per heavy atom. The van der Waals surface area contributed by atoms with Crippen LogP contribution in [0.25, 0.3) is 0 Å². The van der Waals surface area contributed by atoms with Gasteiger partial charge in [0.2, 0.25) is 0 Å². The van der Waals surface area contributed by atoms with Crippen LogP contribution in [0.5, 0.6) is 11.5 Å². The van der Waals surface area contributed by atoms with Crippen LogP contribution in [0, 0.1) is 19.7 Å². The van der Waals surface area contributed by atoms with Gasteiger partial charge in [-0.05, 0) is 87.0 Å². The van der Waals surface area contributed by atoms with Crippen LogP contribution in [0.1, 0.15) is 76.3 Å². The number of fused-ring (bicyclic) bond motifs is 1. The van der Waals surface area contributed by atoms with Crippen molar-refractivity contribution in [1.29, 1.82) is 0 Å². The van der Waals surface area contributed by atoms with E-state index in [9.17, 15) is 14.3 Å². The van der Waals surface area contributed by atoms with Crippen LogP contribution >= 0.6 is 0 Å². The van der Waals surface area contributed by atoms with Gasteiger partial charge in [0.25, 0.3) is 0 Å². The number of hydrogen-bond acceptors (Lipinski definition) is 4. The van der Waals surface area contributed by atoms with Gasteiger partial charge in [-0.1, -0.05) is 36.4 Å². The van der Waals surface area contributed by atoms with Crippen molar-refractivity contribution in [2.75, 3.05) is 13.7 Å². The Kier molecular flexibility index (Phi) is 7.94. The summed E-state index contributed by atoms with van der Waals surface area (Å²) in [5.74, 6) is -0.0498. The van der Waals surface area contributed by atoms with Gasteiger partial charge in [0.1, 0.15) is 5.75 Å². The summed E-state index contributed by atoms with van der Waals surface area (Å²) in [5.41, 5.74) is 5.13. The lowest BCUT2D eigenvalue weighted by atomic mass is 9.80. The molecular weight excluding hydrogens is 457 g/mol. The summed E-state index contributed by atoms with van der Waals surface area (Å²) in [6.07, 6.45) is 2.61. The second-order valence-corrected chi connectivity index (χ2v) is 9.55. The molecule has 0 aromatic heterocycles. The van der Waals surface area contributed by atoms with Crippen LogP contribution in [-0.4, -0.2) is 30.8 Å². The maximum Gasteiger partial charge on any atom is 0.336 e. The van der Waals surface area contributed by atoms with Gasteiger partial charge in [-0.2, -0.15) is 0 Å². The number of carboxylic acids is 1. The molecule has 0 unspecified atom stereocenters. The van der Waals surface area contributed by atoms with Crippen molar-refractivity contribution in [2.45, 2.75) is 58.1 Å². The van der Waals surface area contributed by atoms with E-state index in [1.807, 2.05) is 38.1 Å². The predicted octanol–water partition coefficient (Wildman–Crippen LogP) is 6.56. The highest BCUT2D eigenvalue weighted by Gasteiger charge is 2.31. The van der Waals surface area contributed by atoms with Gasteiger partial charge < -0.3 is 19.9 Å². The minimum atomic E-state index is -0.886. The highest BCUT2D eigenvalue weighted by molar-refractivity contribution is 5.91. The summed E-state index contributed by atoms with van der Waals surface area (Å²) in [6, 6.07) is 17.0. The molecule has 0 aliphatic carbocycles. The van der Waals surface area contributed by atoms with Crippen LogP contribution < -0.4 is 14.8 Å². The van der Waals surface area contributed by atoms with Gasteiger partial charge in [-0.3, -0.25) is 0 Å². The van der Waals surface area contributed by atoms with Crippen molar-refractivity contribution in [3.63, 3.8) is 0 Å². The number of aryl methyl sites for hydroxylation is 1. The van der Waals surface area contributed by atoms with E-state index in [1.165, 1.54) is 13.2 Å². The highest BCUT2D eigenvalue weighted by Crippen LogP contribution is 2.43. The molecule has 0 saturated heterocycles. The molecule has 5 nitrogen and oxygen atoms in total. The fourth-order valence-electron chi connectivity index (χ4n) is 5.25. The van der Waals surface area contributed by atoms with Crippen molar-refractivity contribution < 1.29 is 23.8 Å². The highest BCUT2D eigenvalue weighted by atomic mass is 19.1. The Morgan fingerprint density at radius 2 is 1.94 bits per heavy atom. The third kappa shape index (κ3) is 5.39. The lowest BCUT2D eigenvalue weighted by Crippen LogP contribution is -2.28. The van der Waals surface area contributed by atoms with Crippen LogP contribution in [0.4, 0.5) is 4.39 Å². The van der Waals surface area contributed by atoms with Gasteiger partial charge in [0.05, 0.1) is 18.8 Å². The predicted molar refractivity (Wildman–Crippen MR) is 139 cm³/mol. The van der Waals surface area contributed by atoms with E-state index in [-0.39, 0.29) is 29.6 Å². The quantitative estimate of drug-likeness (QED) is 0.332. The van der Waals surface area contributed by atoms with Crippen LogP contribution in [0.15, 0.2) is 54.6 Å². The minimum absolute atomic E-state index is 0.0295. The average Bonchev–Trinajstić information content (AvgIpc) is 2.86. The normalized spacial score (nSPS) is 17.7. The van der Waals surface area contributed by atoms with E-state index in [2.05, 4.69) is 24.4 Å². The number of halogens is 1. The summed E-state index contributed by atoms with van der Waals surface area (Å²) in [4.78, 5) is 11.9. The van der Waals surface area contributed by atoms with Crippen molar-refractivity contribution in [3.05, 3.63) is 93.8 Å². The Hall–Kier alpha value is -3.38. The number of para-hydroxylation sites is 1. The van der Waals surface area contributed by atoms with E-state index in [1.54, 1.807) is 12.1 Å². The number of benzene rings is 3. The zero-order valence-corrected chi connectivity index (χ0v) is 21.3. The first kappa shape index (κ1) is 25.7. The summed E-state index contributed by atoms with van der Waals surface area (Å²) in [5, 5.41) is 13.3. The first-order valence-electron chi connectivity index (χ1n) is 12.5. The lowest BCUT2D eigenvalue weighted by molar-refractivity contribution is 0.0695. The number of carboxylic acid groups (broad SMARTS) is 1. The molecular formula is C30H34FNO4. The fourth-order valence-corrected chi connectivity index (χ4v) is 5.25. The molecule has 1 aliphatic heterocycles. The maximum atomic E-state index is 13.7. The van der Waals surface area contributed by atoms with Gasteiger partial charge in [-0.25, -0.2) is 9.18 Å². The van der Waals surface area contributed by atoms with Crippen LogP contribution in [0.3, 0.4) is 0 Å². The number of methoxy groups -OCH3 is 1. The summed E-state index contributed by atoms with van der Waals surface area (Å²) in [7, 11) is 1.47. The van der Waals surface area contributed by atoms with E-state index < -0.39 is 5.97 Å². The SMILES string of the molecule is COc1cc([C@@H](C)NCCC[C@H]2C[C@@H](c3ccc(C)c(C(=O)O)c3C)c3ccccc3O2)ccc1F. The molecule has 190 valence electrons. The van der Waals surface area contributed by atoms with Crippen LogP contribution in [0.2, 0.25) is 0 Å². The van der Waals surface area contributed by atoms with E-state index in [4.69, 9.17) is 9.47 Å². The van der Waals surface area contributed by atoms with Gasteiger partial charge in [0.15, 0.2) is 11.6 Å². The first-order valence-corrected chi connectivity index (χ1v) is 12.5. The zero-order valence-electron chi connectivity index (χ0n) is 21.3. The molecule has 0 bridgehead atoms. The molecule has 3 atom stereocenters. The van der Waals surface area contributed by atoms with Crippen molar-refractivity contribution in [2.24, 2.45) is 0 Å². The molecule has 0 radical (unpaired) electrons. The topological polar surface area (TPSA) is 67.8 Å². The summed E-state index contributed by atoms with van der Waals surface area (Å²) >= 11 is 0. The largest absolute Gasteiger partial charge is 0.494 e. The third-order valence-electron chi connectivity index (χ3n) is 7.22. The fraction of sp³-hybridized carbons (Fsp3) is 0.367. The van der Waals surface area contributed by atoms with Gasteiger partial charge >= 0.3 is 5.97 Å². The number of ether oxygens (including phenoxy) is 2. The molecule has 2 N–H and O–H groups in total. The molecule has 0 saturated carbocycles. The minimum Gasteiger partial charge on any atom is -0.494 e. The van der Waals surface area contributed by atoms with E-state index in [0.717, 1.165) is 59.4 Å². The summed E-state index contributed by atoms with van der Waals surface area (Å²) < 4.78 is 25.2. The van der Waals surface area contributed by atoms with Crippen LogP contribution in [-0.2, 0) is 0 Å². The van der Waals surface area contributed by atoms with E-state index >= 15 is 0 Å². The Balaban J connectivity index is 1.44. The second-order valence-electron chi connectivity index (χ2n) is 9.55.